The number of nitrogens with one attached hydrogen (secondary N) is 1. The molecule has 0 aromatic carbocycles. The van der Waals surface area contributed by atoms with E-state index < -0.39 is 0 Å². The highest BCUT2D eigenvalue weighted by Gasteiger charge is 1.94. The molecule has 0 fully saturated rings. The second-order valence-electron chi connectivity index (χ2n) is 2.41. The monoisotopic (exact) mass is 152 g/mol. The van der Waals surface area contributed by atoms with E-state index >= 15 is 0 Å². The lowest BCUT2D eigenvalue weighted by molar-refractivity contribution is 0.844. The Morgan fingerprint density at radius 3 is 2.73 bits per heavy atom. The number of nitrogens with zero attached hydrogens (tertiary/aromatic N) is 1. The third-order valence-corrected chi connectivity index (χ3v) is 1.16. The minimum atomic E-state index is -0.0916. The third-order valence-electron chi connectivity index (χ3n) is 1.16. The molecule has 1 heterocycles. The molecular formula is C7H12N4. The standard InChI is InChI=1S/C7H12N4/c1-5(8)11-7-3-2-6(9)4-10-7/h2-5H,8-9H2,1H3,(H,10,11). The maximum atomic E-state index is 5.48. The fraction of sp³-hybridized carbons (Fsp3) is 0.286. The SMILES string of the molecule is CC(N)Nc1ccc(N)cn1. The lowest BCUT2D eigenvalue weighted by Crippen LogP contribution is -2.25. The van der Waals surface area contributed by atoms with Crippen LogP contribution in [-0.4, -0.2) is 11.1 Å². The van der Waals surface area contributed by atoms with Crippen LogP contribution in [0.25, 0.3) is 0 Å². The Morgan fingerprint density at radius 2 is 2.27 bits per heavy atom. The van der Waals surface area contributed by atoms with Gasteiger partial charge in [0.1, 0.15) is 5.82 Å². The molecule has 1 rings (SSSR count). The summed E-state index contributed by atoms with van der Waals surface area (Å²) in [6.45, 7) is 1.85. The van der Waals surface area contributed by atoms with E-state index in [0.29, 0.717) is 5.69 Å². The second kappa shape index (κ2) is 3.21. The zero-order chi connectivity index (χ0) is 8.27. The summed E-state index contributed by atoms with van der Waals surface area (Å²) in [6.07, 6.45) is 1.50. The van der Waals surface area contributed by atoms with Crippen molar-refractivity contribution in [1.82, 2.24) is 4.98 Å². The number of rotatable bonds is 2. The predicted octanol–water partition coefficient (Wildman–Crippen LogP) is 0.380. The second-order valence-corrected chi connectivity index (χ2v) is 2.41. The highest BCUT2D eigenvalue weighted by atomic mass is 15.1. The van der Waals surface area contributed by atoms with E-state index in [2.05, 4.69) is 10.3 Å². The molecule has 0 aliphatic rings. The van der Waals surface area contributed by atoms with Crippen molar-refractivity contribution in [2.45, 2.75) is 13.1 Å². The van der Waals surface area contributed by atoms with Crippen LogP contribution in [0.4, 0.5) is 11.5 Å². The molecule has 0 amide bonds. The van der Waals surface area contributed by atoms with E-state index in [9.17, 15) is 0 Å². The van der Waals surface area contributed by atoms with Crippen LogP contribution in [-0.2, 0) is 0 Å². The number of hydrogen-bond acceptors (Lipinski definition) is 4. The average molecular weight is 152 g/mol. The Bertz CT molecular complexity index is 216. The van der Waals surface area contributed by atoms with Gasteiger partial charge in [-0.3, -0.25) is 0 Å². The third kappa shape index (κ3) is 2.43. The van der Waals surface area contributed by atoms with Crippen LogP contribution in [0.15, 0.2) is 18.3 Å². The molecule has 0 saturated heterocycles. The molecule has 0 bridgehead atoms. The number of nitrogen functional groups attached to an aromatic ring is 1. The molecule has 0 radical (unpaired) electrons. The highest BCUT2D eigenvalue weighted by molar-refractivity contribution is 5.43. The summed E-state index contributed by atoms with van der Waals surface area (Å²) in [6, 6.07) is 3.57. The van der Waals surface area contributed by atoms with Crippen molar-refractivity contribution in [1.29, 1.82) is 0 Å². The van der Waals surface area contributed by atoms with Crippen LogP contribution in [0.3, 0.4) is 0 Å². The molecule has 0 saturated carbocycles. The summed E-state index contributed by atoms with van der Waals surface area (Å²) in [5, 5.41) is 2.94. The van der Waals surface area contributed by atoms with Gasteiger partial charge in [0.25, 0.3) is 0 Å². The Labute approximate surface area is 65.6 Å². The fourth-order valence-electron chi connectivity index (χ4n) is 0.724. The van der Waals surface area contributed by atoms with Gasteiger partial charge in [-0.15, -0.1) is 0 Å². The quantitative estimate of drug-likeness (QED) is 0.535. The van der Waals surface area contributed by atoms with Crippen LogP contribution in [0.2, 0.25) is 0 Å². The van der Waals surface area contributed by atoms with Gasteiger partial charge in [0.15, 0.2) is 0 Å². The van der Waals surface area contributed by atoms with Crippen LogP contribution >= 0.6 is 0 Å². The van der Waals surface area contributed by atoms with Gasteiger partial charge in [-0.1, -0.05) is 0 Å². The first-order valence-corrected chi connectivity index (χ1v) is 3.42. The van der Waals surface area contributed by atoms with Gasteiger partial charge >= 0.3 is 0 Å². The Morgan fingerprint density at radius 1 is 1.55 bits per heavy atom. The molecule has 11 heavy (non-hydrogen) atoms. The first-order chi connectivity index (χ1) is 5.18. The number of nitrogens with two attached hydrogens (primary N) is 2. The van der Waals surface area contributed by atoms with Gasteiger partial charge in [-0.25, -0.2) is 4.98 Å². The molecule has 0 spiro atoms. The molecular weight excluding hydrogens is 140 g/mol. The van der Waals surface area contributed by atoms with Gasteiger partial charge < -0.3 is 16.8 Å². The number of pyridine rings is 1. The summed E-state index contributed by atoms with van der Waals surface area (Å²) in [5.74, 6) is 0.745. The van der Waals surface area contributed by atoms with Gasteiger partial charge in [-0.2, -0.15) is 0 Å². The highest BCUT2D eigenvalue weighted by Crippen LogP contribution is 2.05. The average Bonchev–Trinajstić information content (AvgIpc) is 1.93. The topological polar surface area (TPSA) is 77.0 Å². The van der Waals surface area contributed by atoms with Crippen LogP contribution < -0.4 is 16.8 Å². The van der Waals surface area contributed by atoms with Crippen molar-refractivity contribution >= 4 is 11.5 Å². The largest absolute Gasteiger partial charge is 0.397 e. The molecule has 4 nitrogen and oxygen atoms in total. The smallest absolute Gasteiger partial charge is 0.127 e. The van der Waals surface area contributed by atoms with Crippen molar-refractivity contribution in [2.24, 2.45) is 5.73 Å². The minimum Gasteiger partial charge on any atom is -0.397 e. The van der Waals surface area contributed by atoms with Gasteiger partial charge in [0.05, 0.1) is 18.1 Å². The van der Waals surface area contributed by atoms with E-state index in [-0.39, 0.29) is 6.17 Å². The minimum absolute atomic E-state index is 0.0916. The summed E-state index contributed by atoms with van der Waals surface area (Å²) in [5.41, 5.74) is 11.6. The summed E-state index contributed by atoms with van der Waals surface area (Å²) < 4.78 is 0. The molecule has 1 aromatic rings. The zero-order valence-corrected chi connectivity index (χ0v) is 6.41. The van der Waals surface area contributed by atoms with Crippen molar-refractivity contribution in [3.63, 3.8) is 0 Å². The molecule has 4 heteroatoms. The lowest BCUT2D eigenvalue weighted by atomic mass is 10.4. The predicted molar refractivity (Wildman–Crippen MR) is 45.9 cm³/mol. The zero-order valence-electron chi connectivity index (χ0n) is 6.41. The van der Waals surface area contributed by atoms with Crippen LogP contribution in [0, 0.1) is 0 Å². The van der Waals surface area contributed by atoms with Crippen LogP contribution in [0.5, 0.6) is 0 Å². The molecule has 5 N–H and O–H groups in total. The molecule has 60 valence electrons. The van der Waals surface area contributed by atoms with E-state index in [1.165, 1.54) is 0 Å². The maximum absolute atomic E-state index is 5.48. The number of aromatic nitrogens is 1. The fourth-order valence-corrected chi connectivity index (χ4v) is 0.724. The Kier molecular flexibility index (Phi) is 2.28. The van der Waals surface area contributed by atoms with Gasteiger partial charge in [0, 0.05) is 0 Å². The molecule has 0 aliphatic carbocycles. The molecule has 1 aromatic heterocycles. The van der Waals surface area contributed by atoms with Crippen LogP contribution in [0.1, 0.15) is 6.92 Å². The van der Waals surface area contributed by atoms with Crippen molar-refractivity contribution in [3.05, 3.63) is 18.3 Å². The Balaban J connectivity index is 2.66. The van der Waals surface area contributed by atoms with E-state index in [0.717, 1.165) is 5.82 Å². The first kappa shape index (κ1) is 7.81. The normalized spacial score (nSPS) is 12.5. The first-order valence-electron chi connectivity index (χ1n) is 3.42. The maximum Gasteiger partial charge on any atom is 0.127 e. The lowest BCUT2D eigenvalue weighted by Gasteiger charge is -2.07. The Hall–Kier alpha value is -1.29. The molecule has 1 atom stereocenters. The van der Waals surface area contributed by atoms with Crippen molar-refractivity contribution in [3.8, 4) is 0 Å². The number of hydrogen-bond donors (Lipinski definition) is 3. The van der Waals surface area contributed by atoms with E-state index in [1.54, 1.807) is 18.3 Å². The number of anilines is 2. The summed E-state index contributed by atoms with van der Waals surface area (Å²) in [7, 11) is 0. The molecule has 0 aliphatic heterocycles. The van der Waals surface area contributed by atoms with E-state index in [4.69, 9.17) is 11.5 Å². The van der Waals surface area contributed by atoms with E-state index in [1.807, 2.05) is 6.92 Å². The van der Waals surface area contributed by atoms with Gasteiger partial charge in [-0.05, 0) is 19.1 Å². The summed E-state index contributed by atoms with van der Waals surface area (Å²) >= 11 is 0. The summed E-state index contributed by atoms with van der Waals surface area (Å²) in [4.78, 5) is 4.00. The van der Waals surface area contributed by atoms with Gasteiger partial charge in [0.2, 0.25) is 0 Å². The van der Waals surface area contributed by atoms with Crippen molar-refractivity contribution < 1.29 is 0 Å². The van der Waals surface area contributed by atoms with Crippen molar-refractivity contribution in [2.75, 3.05) is 11.1 Å². The molecule has 1 unspecified atom stereocenters.